The van der Waals surface area contributed by atoms with Crippen molar-refractivity contribution in [3.8, 4) is 56.8 Å². The molecule has 5 heterocycles. The fourth-order valence-corrected chi connectivity index (χ4v) is 15.4. The number of hydrogen-bond acceptors (Lipinski definition) is 5. The van der Waals surface area contributed by atoms with Gasteiger partial charge < -0.3 is 4.42 Å². The molecular weight excluding hydrogens is 1120 g/mol. The van der Waals surface area contributed by atoms with Crippen molar-refractivity contribution in [3.05, 3.63) is 302 Å². The average Bonchev–Trinajstić information content (AvgIpc) is 1.51. The Balaban J connectivity index is 0.000000132. The Morgan fingerprint density at radius 3 is 1.60 bits per heavy atom. The molecule has 19 aromatic rings. The van der Waals surface area contributed by atoms with Gasteiger partial charge in [0.15, 0.2) is 11.4 Å². The number of nitrogens with zero attached hydrogens (tertiary/aromatic N) is 6. The molecule has 0 atom stereocenters. The summed E-state index contributed by atoms with van der Waals surface area (Å²) in [5.41, 5.74) is 17.0. The van der Waals surface area contributed by atoms with E-state index in [9.17, 15) is 0 Å². The highest BCUT2D eigenvalue weighted by atomic mass is 16.3. The number of rotatable bonds is 5. The third kappa shape index (κ3) is 7.57. The summed E-state index contributed by atoms with van der Waals surface area (Å²) in [5.74, 6) is 2.16. The van der Waals surface area contributed by atoms with Gasteiger partial charge in [-0.15, -0.1) is 0 Å². The van der Waals surface area contributed by atoms with Crippen LogP contribution >= 0.6 is 0 Å². The third-order valence-corrected chi connectivity index (χ3v) is 19.3. The molecule has 0 aliphatic heterocycles. The van der Waals surface area contributed by atoms with Gasteiger partial charge >= 0.3 is 0 Å². The Bertz CT molecular complexity index is 6220. The molecule has 14 aromatic carbocycles. The van der Waals surface area contributed by atoms with Crippen molar-refractivity contribution >= 4 is 120 Å². The van der Waals surface area contributed by atoms with Crippen molar-refractivity contribution in [2.24, 2.45) is 0 Å². The van der Waals surface area contributed by atoms with Gasteiger partial charge in [0.05, 0.1) is 39.0 Å². The topological polar surface area (TPSA) is 74.6 Å². The fraction of sp³-hybridized carbons (Fsp3) is 0.0353. The van der Waals surface area contributed by atoms with Gasteiger partial charge in [0, 0.05) is 76.8 Å². The van der Waals surface area contributed by atoms with Crippen molar-refractivity contribution in [1.82, 2.24) is 29.1 Å². The lowest BCUT2D eigenvalue weighted by Crippen LogP contribution is -2.15. The fourth-order valence-electron chi connectivity index (χ4n) is 15.4. The van der Waals surface area contributed by atoms with Crippen LogP contribution in [0.4, 0.5) is 0 Å². The summed E-state index contributed by atoms with van der Waals surface area (Å²) in [6.45, 7) is 4.77. The summed E-state index contributed by atoms with van der Waals surface area (Å²) in [6.07, 6.45) is 0. The van der Waals surface area contributed by atoms with E-state index in [1.807, 2.05) is 42.5 Å². The first-order valence-electron chi connectivity index (χ1n) is 31.5. The number of benzene rings is 14. The van der Waals surface area contributed by atoms with E-state index in [4.69, 9.17) is 24.4 Å². The Labute approximate surface area is 528 Å². The summed E-state index contributed by atoms with van der Waals surface area (Å²) < 4.78 is 11.5. The van der Waals surface area contributed by atoms with Gasteiger partial charge in [0.1, 0.15) is 11.4 Å². The molecule has 0 saturated heterocycles. The van der Waals surface area contributed by atoms with Crippen LogP contribution in [0.5, 0.6) is 0 Å². The van der Waals surface area contributed by atoms with Crippen molar-refractivity contribution in [3.63, 3.8) is 0 Å². The monoisotopic (exact) mass is 1170 g/mol. The van der Waals surface area contributed by atoms with Crippen molar-refractivity contribution in [2.75, 3.05) is 0 Å². The Morgan fingerprint density at radius 1 is 0.359 bits per heavy atom. The quantitative estimate of drug-likeness (QED) is 0.161. The highest BCUT2D eigenvalue weighted by Gasteiger charge is 2.41. The van der Waals surface area contributed by atoms with Crippen LogP contribution in [-0.4, -0.2) is 29.1 Å². The van der Waals surface area contributed by atoms with Crippen LogP contribution in [0.3, 0.4) is 0 Å². The van der Waals surface area contributed by atoms with Gasteiger partial charge in [-0.1, -0.05) is 275 Å². The molecule has 7 nitrogen and oxygen atoms in total. The second-order valence-electron chi connectivity index (χ2n) is 24.7. The first-order valence-corrected chi connectivity index (χ1v) is 31.5. The molecule has 92 heavy (non-hydrogen) atoms. The van der Waals surface area contributed by atoms with E-state index in [1.54, 1.807) is 0 Å². The molecular formula is C85H54N6O. The van der Waals surface area contributed by atoms with Crippen LogP contribution in [-0.2, 0) is 5.41 Å². The van der Waals surface area contributed by atoms with Gasteiger partial charge in [-0.25, -0.2) is 19.9 Å². The average molecular weight is 1180 g/mol. The molecule has 430 valence electrons. The SMILES string of the molecule is CC1(C)c2ccccc2-c2c1c1c3ccccc3ccc1c1c3ccccc3n(-c3nc(-c4ccccc4)c4ccccc4n3)c21.c1ccc(-c2cc(-n3c4ccccc4c4c5ccc6ccccc6c5c5c6ccccc6oc5c43)nc(-c3ccccc3)n2)cc1. The second-order valence-corrected chi connectivity index (χ2v) is 24.7. The van der Waals surface area contributed by atoms with Crippen LogP contribution in [0.1, 0.15) is 25.0 Å². The minimum absolute atomic E-state index is 0.205. The van der Waals surface area contributed by atoms with Gasteiger partial charge in [-0.05, 0) is 78.7 Å². The molecule has 0 unspecified atom stereocenters. The zero-order valence-corrected chi connectivity index (χ0v) is 50.3. The smallest absolute Gasteiger partial charge is 0.235 e. The summed E-state index contributed by atoms with van der Waals surface area (Å²) in [6, 6.07) is 103. The lowest BCUT2D eigenvalue weighted by molar-refractivity contribution is 0.667. The van der Waals surface area contributed by atoms with Gasteiger partial charge in [0.2, 0.25) is 5.95 Å². The lowest BCUT2D eigenvalue weighted by Gasteiger charge is -2.24. The summed E-state index contributed by atoms with van der Waals surface area (Å²) >= 11 is 0. The number of fused-ring (bicyclic) bond motifs is 25. The van der Waals surface area contributed by atoms with Gasteiger partial charge in [-0.2, -0.15) is 0 Å². The molecule has 20 rings (SSSR count). The van der Waals surface area contributed by atoms with E-state index in [1.165, 1.54) is 81.6 Å². The van der Waals surface area contributed by atoms with E-state index >= 15 is 0 Å². The van der Waals surface area contributed by atoms with E-state index in [2.05, 4.69) is 272 Å². The van der Waals surface area contributed by atoms with E-state index in [-0.39, 0.29) is 5.41 Å². The van der Waals surface area contributed by atoms with Crippen LogP contribution in [0.2, 0.25) is 0 Å². The molecule has 0 fully saturated rings. The molecule has 0 N–H and O–H groups in total. The van der Waals surface area contributed by atoms with Crippen molar-refractivity contribution in [1.29, 1.82) is 0 Å². The summed E-state index contributed by atoms with van der Waals surface area (Å²) in [5, 5.41) is 18.1. The van der Waals surface area contributed by atoms with Crippen molar-refractivity contribution in [2.45, 2.75) is 19.3 Å². The molecule has 7 heteroatoms. The minimum Gasteiger partial charge on any atom is -0.454 e. The van der Waals surface area contributed by atoms with Crippen LogP contribution < -0.4 is 0 Å². The highest BCUT2D eigenvalue weighted by Crippen LogP contribution is 2.57. The largest absolute Gasteiger partial charge is 0.454 e. The van der Waals surface area contributed by atoms with E-state index in [0.717, 1.165) is 94.1 Å². The standard InChI is InChI=1S/C43H29N3.C42H25N3O/c1-43(2)33-21-11-8-18-29(33)38-39(43)36-28-17-7-6-14-26(28)24-25-32(36)37-31-20-10-13-23-35(31)46(41(37)38)42-44-34-22-12-9-19-30(34)40(45-42)27-15-4-3-5-16-27;1-3-14-27(15-4-1)33-25-36(44-42(43-33)28-16-5-2-6-17-28)45-34-21-11-9-19-30(34)38-32-24-23-26-13-7-8-18-29(26)37(32)39-31-20-10-12-22-35(31)46-41(39)40(38)45/h3-25H,1-2H3;1-25H. The lowest BCUT2D eigenvalue weighted by atomic mass is 9.78. The molecule has 1 aliphatic carbocycles. The Morgan fingerprint density at radius 2 is 0.891 bits per heavy atom. The first kappa shape index (κ1) is 51.9. The predicted molar refractivity (Wildman–Crippen MR) is 381 cm³/mol. The number of para-hydroxylation sites is 4. The third-order valence-electron chi connectivity index (χ3n) is 19.3. The molecule has 1 aliphatic rings. The van der Waals surface area contributed by atoms with Crippen LogP contribution in [0.25, 0.3) is 176 Å². The maximum atomic E-state index is 6.88. The van der Waals surface area contributed by atoms with Crippen LogP contribution in [0, 0.1) is 0 Å². The van der Waals surface area contributed by atoms with Crippen molar-refractivity contribution < 1.29 is 4.42 Å². The molecule has 0 saturated carbocycles. The number of hydrogen-bond donors (Lipinski definition) is 0. The Kier molecular flexibility index (Phi) is 11.3. The maximum Gasteiger partial charge on any atom is 0.235 e. The van der Waals surface area contributed by atoms with Crippen LogP contribution in [0.15, 0.2) is 296 Å². The summed E-state index contributed by atoms with van der Waals surface area (Å²) in [7, 11) is 0. The van der Waals surface area contributed by atoms with E-state index < -0.39 is 0 Å². The summed E-state index contributed by atoms with van der Waals surface area (Å²) in [4.78, 5) is 21.1. The maximum absolute atomic E-state index is 6.88. The Hall–Kier alpha value is -12.1. The first-order chi connectivity index (χ1) is 45.4. The molecule has 0 radical (unpaired) electrons. The minimum atomic E-state index is -0.205. The molecule has 0 amide bonds. The molecule has 0 bridgehead atoms. The normalized spacial score (nSPS) is 12.8. The molecule has 0 spiro atoms. The zero-order valence-electron chi connectivity index (χ0n) is 50.3. The highest BCUT2D eigenvalue weighted by molar-refractivity contribution is 6.39. The van der Waals surface area contributed by atoms with Gasteiger partial charge in [0.25, 0.3) is 0 Å². The van der Waals surface area contributed by atoms with E-state index in [0.29, 0.717) is 11.8 Å². The second kappa shape index (κ2) is 20.0. The number of aromatic nitrogens is 6. The zero-order chi connectivity index (χ0) is 60.8. The number of furan rings is 1. The molecule has 5 aromatic heterocycles. The predicted octanol–water partition coefficient (Wildman–Crippen LogP) is 22.1. The van der Waals surface area contributed by atoms with Gasteiger partial charge in [-0.3, -0.25) is 9.13 Å².